The summed E-state index contributed by atoms with van der Waals surface area (Å²) in [6.45, 7) is 0. The van der Waals surface area contributed by atoms with Gasteiger partial charge in [-0.05, 0) is 46.7 Å². The normalized spacial score (nSPS) is 12.7. The second-order valence-electron chi connectivity index (χ2n) is 3.43. The van der Waals surface area contributed by atoms with E-state index in [4.69, 9.17) is 4.42 Å². The summed E-state index contributed by atoms with van der Waals surface area (Å²) in [5, 5.41) is 3.13. The minimum Gasteiger partial charge on any atom is -0.457 e. The first-order valence-electron chi connectivity index (χ1n) is 4.88. The summed E-state index contributed by atoms with van der Waals surface area (Å²) in [7, 11) is 1.83. The number of hydrogen-bond donors (Lipinski definition) is 1. The number of halogens is 2. The van der Waals surface area contributed by atoms with Crippen LogP contribution < -0.4 is 5.32 Å². The smallest absolute Gasteiger partial charge is 0.174 e. The zero-order valence-corrected chi connectivity index (χ0v) is 10.3. The van der Waals surface area contributed by atoms with Crippen LogP contribution in [0.1, 0.15) is 17.2 Å². The molecule has 2 aromatic rings. The van der Waals surface area contributed by atoms with E-state index < -0.39 is 0 Å². The highest BCUT2D eigenvalue weighted by atomic mass is 79.9. The number of furan rings is 1. The summed E-state index contributed by atoms with van der Waals surface area (Å²) in [5.74, 6) is -0.239. The zero-order valence-electron chi connectivity index (χ0n) is 8.71. The van der Waals surface area contributed by atoms with Gasteiger partial charge in [0, 0.05) is 5.56 Å². The van der Waals surface area contributed by atoms with Crippen LogP contribution in [-0.2, 0) is 0 Å². The van der Waals surface area contributed by atoms with Crippen molar-refractivity contribution >= 4 is 15.9 Å². The van der Waals surface area contributed by atoms with Crippen molar-refractivity contribution < 1.29 is 8.81 Å². The molecule has 0 radical (unpaired) electrons. The number of rotatable bonds is 3. The number of hydrogen-bond acceptors (Lipinski definition) is 2. The predicted molar refractivity (Wildman–Crippen MR) is 63.7 cm³/mol. The van der Waals surface area contributed by atoms with Crippen molar-refractivity contribution in [3.63, 3.8) is 0 Å². The molecular formula is C12H11BrFNO. The van der Waals surface area contributed by atoms with Crippen LogP contribution in [0.15, 0.2) is 45.7 Å². The van der Waals surface area contributed by atoms with E-state index >= 15 is 0 Å². The van der Waals surface area contributed by atoms with Crippen LogP contribution >= 0.6 is 15.9 Å². The van der Waals surface area contributed by atoms with Gasteiger partial charge in [0.15, 0.2) is 4.67 Å². The van der Waals surface area contributed by atoms with E-state index in [-0.39, 0.29) is 11.9 Å². The quantitative estimate of drug-likeness (QED) is 0.933. The van der Waals surface area contributed by atoms with Crippen LogP contribution in [0.2, 0.25) is 0 Å². The summed E-state index contributed by atoms with van der Waals surface area (Å²) in [5.41, 5.74) is 1.82. The van der Waals surface area contributed by atoms with Crippen LogP contribution in [0, 0.1) is 5.82 Å². The van der Waals surface area contributed by atoms with Crippen molar-refractivity contribution in [2.75, 3.05) is 7.05 Å². The molecular weight excluding hydrogens is 273 g/mol. The fourth-order valence-electron chi connectivity index (χ4n) is 1.70. The van der Waals surface area contributed by atoms with Crippen LogP contribution in [0.3, 0.4) is 0 Å². The average molecular weight is 284 g/mol. The van der Waals surface area contributed by atoms with Crippen LogP contribution in [-0.4, -0.2) is 7.05 Å². The Morgan fingerprint density at radius 3 is 2.75 bits per heavy atom. The highest BCUT2D eigenvalue weighted by Gasteiger charge is 2.17. The molecule has 0 aliphatic rings. The van der Waals surface area contributed by atoms with E-state index in [1.807, 2.05) is 19.2 Å². The molecule has 1 heterocycles. The van der Waals surface area contributed by atoms with Crippen molar-refractivity contribution in [1.29, 1.82) is 0 Å². The third-order valence-electron chi connectivity index (χ3n) is 2.43. The molecule has 0 fully saturated rings. The molecule has 0 saturated carbocycles. The Morgan fingerprint density at radius 2 is 2.19 bits per heavy atom. The SMILES string of the molecule is CNC(c1cccc(F)c1)c1ccoc1Br. The summed E-state index contributed by atoms with van der Waals surface area (Å²) < 4.78 is 19.0. The minimum absolute atomic E-state index is 0.0798. The largest absolute Gasteiger partial charge is 0.457 e. The highest BCUT2D eigenvalue weighted by Crippen LogP contribution is 2.29. The third-order valence-corrected chi connectivity index (χ3v) is 3.07. The maximum atomic E-state index is 13.1. The van der Waals surface area contributed by atoms with Crippen molar-refractivity contribution in [1.82, 2.24) is 5.32 Å². The summed E-state index contributed by atoms with van der Waals surface area (Å²) in [4.78, 5) is 0. The van der Waals surface area contributed by atoms with Gasteiger partial charge in [0.2, 0.25) is 0 Å². The predicted octanol–water partition coefficient (Wildman–Crippen LogP) is 3.49. The second-order valence-corrected chi connectivity index (χ2v) is 4.15. The second kappa shape index (κ2) is 4.80. The Balaban J connectivity index is 2.40. The Bertz CT molecular complexity index is 483. The van der Waals surface area contributed by atoms with E-state index in [0.717, 1.165) is 11.1 Å². The van der Waals surface area contributed by atoms with E-state index in [1.54, 1.807) is 12.3 Å². The molecule has 0 bridgehead atoms. The van der Waals surface area contributed by atoms with Gasteiger partial charge in [0.25, 0.3) is 0 Å². The first-order valence-corrected chi connectivity index (χ1v) is 5.67. The molecule has 1 aromatic heterocycles. The molecule has 0 saturated heterocycles. The van der Waals surface area contributed by atoms with Crippen LogP contribution in [0.5, 0.6) is 0 Å². The molecule has 0 aliphatic heterocycles. The lowest BCUT2D eigenvalue weighted by Crippen LogP contribution is -2.17. The molecule has 0 amide bonds. The number of benzene rings is 1. The summed E-state index contributed by atoms with van der Waals surface area (Å²) >= 11 is 3.32. The van der Waals surface area contributed by atoms with Gasteiger partial charge in [-0.3, -0.25) is 0 Å². The van der Waals surface area contributed by atoms with E-state index in [2.05, 4.69) is 21.2 Å². The molecule has 84 valence electrons. The lowest BCUT2D eigenvalue weighted by atomic mass is 10.0. The van der Waals surface area contributed by atoms with E-state index in [0.29, 0.717) is 4.67 Å². The maximum Gasteiger partial charge on any atom is 0.174 e. The Labute approximate surface area is 102 Å². The van der Waals surface area contributed by atoms with Gasteiger partial charge in [0.05, 0.1) is 12.3 Å². The van der Waals surface area contributed by atoms with Crippen LogP contribution in [0.4, 0.5) is 4.39 Å². The van der Waals surface area contributed by atoms with Gasteiger partial charge in [-0.25, -0.2) is 4.39 Å². The standard InChI is InChI=1S/C12H11BrFNO/c1-15-11(10-5-6-16-12(10)13)8-3-2-4-9(14)7-8/h2-7,11,15H,1H3. The van der Waals surface area contributed by atoms with Crippen LogP contribution in [0.25, 0.3) is 0 Å². The fourth-order valence-corrected chi connectivity index (χ4v) is 2.17. The molecule has 0 aliphatic carbocycles. The molecule has 1 unspecified atom stereocenters. The first-order chi connectivity index (χ1) is 7.72. The van der Waals surface area contributed by atoms with Crippen molar-refractivity contribution in [3.8, 4) is 0 Å². The molecule has 0 spiro atoms. The molecule has 4 heteroatoms. The zero-order chi connectivity index (χ0) is 11.5. The topological polar surface area (TPSA) is 25.2 Å². The molecule has 2 rings (SSSR count). The van der Waals surface area contributed by atoms with Crippen molar-refractivity contribution in [2.24, 2.45) is 0 Å². The van der Waals surface area contributed by atoms with Crippen molar-refractivity contribution in [3.05, 3.63) is 58.2 Å². The van der Waals surface area contributed by atoms with E-state index in [1.165, 1.54) is 12.1 Å². The van der Waals surface area contributed by atoms with E-state index in [9.17, 15) is 4.39 Å². The molecule has 1 aromatic carbocycles. The molecule has 1 atom stereocenters. The summed E-state index contributed by atoms with van der Waals surface area (Å²) in [6, 6.07) is 8.30. The minimum atomic E-state index is -0.239. The Kier molecular flexibility index (Phi) is 3.41. The molecule has 16 heavy (non-hydrogen) atoms. The maximum absolute atomic E-state index is 13.1. The van der Waals surface area contributed by atoms with Gasteiger partial charge in [-0.1, -0.05) is 12.1 Å². The lowest BCUT2D eigenvalue weighted by Gasteiger charge is -2.15. The number of nitrogens with one attached hydrogen (secondary N) is 1. The molecule has 2 nitrogen and oxygen atoms in total. The van der Waals surface area contributed by atoms with Gasteiger partial charge in [0.1, 0.15) is 5.82 Å². The van der Waals surface area contributed by atoms with Gasteiger partial charge in [-0.15, -0.1) is 0 Å². The Hall–Kier alpha value is -1.13. The lowest BCUT2D eigenvalue weighted by molar-refractivity contribution is 0.529. The molecule has 1 N–H and O–H groups in total. The fraction of sp³-hybridized carbons (Fsp3) is 0.167. The highest BCUT2D eigenvalue weighted by molar-refractivity contribution is 9.10. The third kappa shape index (κ3) is 2.18. The van der Waals surface area contributed by atoms with Gasteiger partial charge < -0.3 is 9.73 Å². The average Bonchev–Trinajstić information content (AvgIpc) is 2.67. The monoisotopic (exact) mass is 283 g/mol. The summed E-state index contributed by atoms with van der Waals surface area (Å²) in [6.07, 6.45) is 1.60. The first kappa shape index (κ1) is 11.4. The van der Waals surface area contributed by atoms with Gasteiger partial charge >= 0.3 is 0 Å². The Morgan fingerprint density at radius 1 is 1.38 bits per heavy atom. The van der Waals surface area contributed by atoms with Crippen molar-refractivity contribution in [2.45, 2.75) is 6.04 Å². The van der Waals surface area contributed by atoms with Gasteiger partial charge in [-0.2, -0.15) is 0 Å².